The zero-order valence-electron chi connectivity index (χ0n) is 9.99. The van der Waals surface area contributed by atoms with Gasteiger partial charge in [0.1, 0.15) is 11.4 Å². The topological polar surface area (TPSA) is 115 Å². The van der Waals surface area contributed by atoms with Gasteiger partial charge in [-0.05, 0) is 22.0 Å². The summed E-state index contributed by atoms with van der Waals surface area (Å²) in [4.78, 5) is 21.1. The Morgan fingerprint density at radius 1 is 1.48 bits per heavy atom. The maximum atomic E-state index is 13.5. The molecule has 0 aliphatic rings. The van der Waals surface area contributed by atoms with E-state index in [-0.39, 0.29) is 10.0 Å². The highest BCUT2D eigenvalue weighted by Gasteiger charge is 2.22. The van der Waals surface area contributed by atoms with Gasteiger partial charge in [-0.1, -0.05) is 0 Å². The quantitative estimate of drug-likeness (QED) is 0.660. The number of carboxylic acid groups (broad SMARTS) is 1. The molecule has 0 bridgehead atoms. The first-order valence-electron chi connectivity index (χ1n) is 5.26. The third-order valence-corrected chi connectivity index (χ3v) is 2.93. The summed E-state index contributed by atoms with van der Waals surface area (Å²) in [5.41, 5.74) is -0.909. The van der Waals surface area contributed by atoms with Crippen LogP contribution in [0.5, 0.6) is 11.6 Å². The van der Waals surface area contributed by atoms with E-state index in [9.17, 15) is 19.3 Å². The number of ether oxygens (including phenoxy) is 1. The maximum absolute atomic E-state index is 13.5. The minimum atomic E-state index is -1.36. The van der Waals surface area contributed by atoms with Crippen LogP contribution in [0.25, 0.3) is 0 Å². The average Bonchev–Trinajstić information content (AvgIpc) is 2.42. The van der Waals surface area contributed by atoms with E-state index in [1.165, 1.54) is 0 Å². The van der Waals surface area contributed by atoms with E-state index in [1.807, 2.05) is 0 Å². The van der Waals surface area contributed by atoms with Crippen LogP contribution in [0.15, 0.2) is 28.9 Å². The number of hydrogen-bond acceptors (Lipinski definition) is 6. The molecule has 1 heterocycles. The van der Waals surface area contributed by atoms with Gasteiger partial charge < -0.3 is 9.84 Å². The van der Waals surface area contributed by atoms with Crippen LogP contribution in [-0.2, 0) is 0 Å². The molecule has 0 amide bonds. The number of carboxylic acids is 1. The third-order valence-electron chi connectivity index (χ3n) is 2.32. The molecule has 10 heteroatoms. The van der Waals surface area contributed by atoms with Crippen LogP contribution in [0, 0.1) is 15.9 Å². The van der Waals surface area contributed by atoms with Gasteiger partial charge >= 0.3 is 11.7 Å². The van der Waals surface area contributed by atoms with Crippen molar-refractivity contribution in [3.8, 4) is 11.6 Å². The second-order valence-electron chi connectivity index (χ2n) is 3.65. The van der Waals surface area contributed by atoms with Gasteiger partial charge in [-0.3, -0.25) is 10.1 Å². The molecule has 0 spiro atoms. The molecule has 0 atom stereocenters. The second-order valence-corrected chi connectivity index (χ2v) is 4.50. The summed E-state index contributed by atoms with van der Waals surface area (Å²) < 4.78 is 18.4. The predicted molar refractivity (Wildman–Crippen MR) is 69.8 cm³/mol. The lowest BCUT2D eigenvalue weighted by atomic mass is 10.2. The van der Waals surface area contributed by atoms with Gasteiger partial charge in [0, 0.05) is 12.1 Å². The summed E-state index contributed by atoms with van der Waals surface area (Å²) in [6.45, 7) is 0. The Morgan fingerprint density at radius 3 is 2.81 bits per heavy atom. The smallest absolute Gasteiger partial charge is 0.341 e. The number of nitrogens with zero attached hydrogens (tertiary/aromatic N) is 3. The van der Waals surface area contributed by atoms with Crippen LogP contribution in [0.1, 0.15) is 10.4 Å². The molecule has 1 N–H and O–H groups in total. The summed E-state index contributed by atoms with van der Waals surface area (Å²) in [6, 6.07) is 2.76. The molecule has 1 aromatic carbocycles. The molecular weight excluding hydrogens is 353 g/mol. The van der Waals surface area contributed by atoms with Crippen molar-refractivity contribution in [2.75, 3.05) is 0 Å². The molecule has 0 fully saturated rings. The van der Waals surface area contributed by atoms with Gasteiger partial charge in [-0.2, -0.15) is 5.10 Å². The first kappa shape index (κ1) is 14.8. The number of halogens is 2. The van der Waals surface area contributed by atoms with Crippen molar-refractivity contribution >= 4 is 27.6 Å². The molecule has 0 saturated carbocycles. The molecule has 8 nitrogen and oxygen atoms in total. The number of aromatic nitrogens is 2. The Hall–Kier alpha value is -2.62. The number of nitro benzene ring substituents is 1. The molecule has 0 radical (unpaired) electrons. The fraction of sp³-hybridized carbons (Fsp3) is 0. The predicted octanol–water partition coefficient (Wildman–Crippen LogP) is 2.78. The fourth-order valence-electron chi connectivity index (χ4n) is 1.40. The van der Waals surface area contributed by atoms with Crippen LogP contribution >= 0.6 is 15.9 Å². The number of nitro groups is 1. The highest BCUT2D eigenvalue weighted by molar-refractivity contribution is 9.10. The molecule has 0 saturated heterocycles. The second kappa shape index (κ2) is 5.79. The van der Waals surface area contributed by atoms with Gasteiger partial charge in [0.2, 0.25) is 5.75 Å². The minimum Gasteiger partial charge on any atom is -0.477 e. The van der Waals surface area contributed by atoms with Crippen molar-refractivity contribution in [2.45, 2.75) is 0 Å². The van der Waals surface area contributed by atoms with E-state index < -0.39 is 34.0 Å². The van der Waals surface area contributed by atoms with Crippen molar-refractivity contribution in [1.29, 1.82) is 0 Å². The van der Waals surface area contributed by atoms with Gasteiger partial charge in [0.25, 0.3) is 5.88 Å². The molecule has 0 aliphatic heterocycles. The SMILES string of the molecule is O=C(O)c1ccnnc1Oc1cc(F)c(Br)cc1[N+](=O)[O-]. The van der Waals surface area contributed by atoms with Crippen LogP contribution in [0.2, 0.25) is 0 Å². The van der Waals surface area contributed by atoms with Crippen LogP contribution in [-0.4, -0.2) is 26.2 Å². The Balaban J connectivity index is 2.52. The Morgan fingerprint density at radius 2 is 2.19 bits per heavy atom. The normalized spacial score (nSPS) is 10.2. The van der Waals surface area contributed by atoms with E-state index >= 15 is 0 Å². The molecule has 0 aliphatic carbocycles. The Kier molecular flexibility index (Phi) is 4.08. The molecule has 0 unspecified atom stereocenters. The van der Waals surface area contributed by atoms with Crippen molar-refractivity contribution in [2.24, 2.45) is 0 Å². The fourth-order valence-corrected chi connectivity index (χ4v) is 1.73. The van der Waals surface area contributed by atoms with Crippen molar-refractivity contribution in [1.82, 2.24) is 10.2 Å². The van der Waals surface area contributed by atoms with E-state index in [0.717, 1.165) is 24.4 Å². The average molecular weight is 358 g/mol. The lowest BCUT2D eigenvalue weighted by Gasteiger charge is -2.07. The molecule has 21 heavy (non-hydrogen) atoms. The minimum absolute atomic E-state index is 0.126. The number of hydrogen-bond donors (Lipinski definition) is 1. The summed E-state index contributed by atoms with van der Waals surface area (Å²) in [6.07, 6.45) is 1.12. The van der Waals surface area contributed by atoms with E-state index in [4.69, 9.17) is 9.84 Å². The van der Waals surface area contributed by atoms with Crippen molar-refractivity contribution < 1.29 is 24.0 Å². The first-order valence-corrected chi connectivity index (χ1v) is 6.05. The van der Waals surface area contributed by atoms with E-state index in [2.05, 4.69) is 26.1 Å². The number of carbonyl (C=O) groups is 1. The first-order chi connectivity index (χ1) is 9.90. The van der Waals surface area contributed by atoms with Gasteiger partial charge in [-0.15, -0.1) is 5.10 Å². The highest BCUT2D eigenvalue weighted by Crippen LogP contribution is 2.35. The van der Waals surface area contributed by atoms with Crippen LogP contribution in [0.4, 0.5) is 10.1 Å². The summed E-state index contributed by atoms with van der Waals surface area (Å²) in [5, 5.41) is 26.7. The third kappa shape index (κ3) is 3.11. The standard InChI is InChI=1S/C11H5BrFN3O5/c12-6-3-8(16(19)20)9(4-7(6)13)21-10-5(11(17)18)1-2-14-15-10/h1-4H,(H,17,18). The number of aromatic carboxylic acids is 1. The largest absolute Gasteiger partial charge is 0.477 e. The van der Waals surface area contributed by atoms with Gasteiger partial charge in [0.15, 0.2) is 0 Å². The zero-order chi connectivity index (χ0) is 15.6. The van der Waals surface area contributed by atoms with Gasteiger partial charge in [-0.25, -0.2) is 9.18 Å². The molecule has 2 rings (SSSR count). The van der Waals surface area contributed by atoms with Crippen molar-refractivity contribution in [3.63, 3.8) is 0 Å². The lowest BCUT2D eigenvalue weighted by Crippen LogP contribution is -2.04. The Labute approximate surface area is 124 Å². The lowest BCUT2D eigenvalue weighted by molar-refractivity contribution is -0.385. The van der Waals surface area contributed by atoms with Crippen molar-refractivity contribution in [3.05, 3.63) is 50.4 Å². The summed E-state index contributed by atoms with van der Waals surface area (Å²) in [5.74, 6) is -3.13. The molecule has 2 aromatic rings. The summed E-state index contributed by atoms with van der Waals surface area (Å²) in [7, 11) is 0. The number of rotatable bonds is 4. The highest BCUT2D eigenvalue weighted by atomic mass is 79.9. The van der Waals surface area contributed by atoms with Crippen LogP contribution < -0.4 is 4.74 Å². The zero-order valence-corrected chi connectivity index (χ0v) is 11.6. The van der Waals surface area contributed by atoms with Gasteiger partial charge in [0.05, 0.1) is 15.6 Å². The molecular formula is C11H5BrFN3O5. The van der Waals surface area contributed by atoms with E-state index in [1.54, 1.807) is 0 Å². The Bertz CT molecular complexity index is 740. The number of benzene rings is 1. The summed E-state index contributed by atoms with van der Waals surface area (Å²) >= 11 is 2.81. The monoisotopic (exact) mass is 357 g/mol. The van der Waals surface area contributed by atoms with E-state index in [0.29, 0.717) is 0 Å². The molecule has 1 aromatic heterocycles. The van der Waals surface area contributed by atoms with Crippen LogP contribution in [0.3, 0.4) is 0 Å². The molecule has 108 valence electrons. The maximum Gasteiger partial charge on any atom is 0.341 e.